The molecule has 0 aliphatic carbocycles. The van der Waals surface area contributed by atoms with Crippen molar-refractivity contribution in [2.45, 2.75) is 51.4 Å². The molecule has 1 unspecified atom stereocenters. The Kier molecular flexibility index (Phi) is 7.00. The second-order valence-corrected chi connectivity index (χ2v) is 11.7. The topological polar surface area (TPSA) is 54.4 Å². The van der Waals surface area contributed by atoms with Gasteiger partial charge in [-0.15, -0.1) is 0 Å². The number of pyridine rings is 1. The van der Waals surface area contributed by atoms with Crippen molar-refractivity contribution in [1.82, 2.24) is 10.3 Å². The van der Waals surface area contributed by atoms with Crippen molar-refractivity contribution in [1.29, 1.82) is 0 Å². The van der Waals surface area contributed by atoms with Crippen LogP contribution in [0.4, 0.5) is 0 Å². The van der Waals surface area contributed by atoms with Crippen LogP contribution in [0.2, 0.25) is 18.1 Å². The first kappa shape index (κ1) is 18.3. The number of aromatic nitrogens is 1. The first-order valence-electron chi connectivity index (χ1n) is 7.67. The molecule has 2 N–H and O–H groups in total. The molecule has 1 atom stereocenters. The minimum atomic E-state index is -1.70. The normalized spacial score (nSPS) is 14.2. The summed E-state index contributed by atoms with van der Waals surface area (Å²) in [5.41, 5.74) is 1.00. The summed E-state index contributed by atoms with van der Waals surface area (Å²) in [6.07, 6.45) is 2.67. The third-order valence-electron chi connectivity index (χ3n) is 4.22. The average molecular weight is 311 g/mol. The van der Waals surface area contributed by atoms with Crippen LogP contribution in [0.5, 0.6) is 0 Å². The highest BCUT2D eigenvalue weighted by atomic mass is 28.4. The lowest BCUT2D eigenvalue weighted by Gasteiger charge is -2.36. The van der Waals surface area contributed by atoms with Crippen LogP contribution in [0.3, 0.4) is 0 Å². The SMILES string of the molecule is CC(C)(C)[Si](C)(C)OCCC(NCCO)c1ccccn1. The van der Waals surface area contributed by atoms with E-state index in [1.807, 2.05) is 18.2 Å². The Morgan fingerprint density at radius 3 is 2.57 bits per heavy atom. The number of aliphatic hydroxyl groups is 1. The van der Waals surface area contributed by atoms with E-state index in [-0.39, 0.29) is 17.7 Å². The molecule has 0 aromatic carbocycles. The van der Waals surface area contributed by atoms with Crippen molar-refractivity contribution < 1.29 is 9.53 Å². The van der Waals surface area contributed by atoms with Crippen LogP contribution < -0.4 is 5.32 Å². The third kappa shape index (κ3) is 5.86. The van der Waals surface area contributed by atoms with Crippen molar-refractivity contribution >= 4 is 8.32 Å². The van der Waals surface area contributed by atoms with Gasteiger partial charge in [-0.2, -0.15) is 0 Å². The van der Waals surface area contributed by atoms with Crippen LogP contribution in [0.25, 0.3) is 0 Å². The first-order valence-corrected chi connectivity index (χ1v) is 10.6. The first-order chi connectivity index (χ1) is 9.78. The zero-order valence-corrected chi connectivity index (χ0v) is 15.0. The van der Waals surface area contributed by atoms with E-state index in [0.717, 1.165) is 18.7 Å². The van der Waals surface area contributed by atoms with Gasteiger partial charge in [-0.05, 0) is 36.7 Å². The zero-order chi connectivity index (χ0) is 15.9. The van der Waals surface area contributed by atoms with Gasteiger partial charge in [0, 0.05) is 19.3 Å². The van der Waals surface area contributed by atoms with E-state index >= 15 is 0 Å². The van der Waals surface area contributed by atoms with Gasteiger partial charge in [0.2, 0.25) is 0 Å². The Morgan fingerprint density at radius 1 is 1.33 bits per heavy atom. The van der Waals surface area contributed by atoms with Gasteiger partial charge in [-0.3, -0.25) is 4.98 Å². The summed E-state index contributed by atoms with van der Waals surface area (Å²) >= 11 is 0. The van der Waals surface area contributed by atoms with E-state index in [1.165, 1.54) is 0 Å². The van der Waals surface area contributed by atoms with Crippen molar-refractivity contribution in [3.63, 3.8) is 0 Å². The maximum absolute atomic E-state index is 9.02. The minimum Gasteiger partial charge on any atom is -0.417 e. The molecule has 0 aliphatic rings. The summed E-state index contributed by atoms with van der Waals surface area (Å²) in [5.74, 6) is 0. The summed E-state index contributed by atoms with van der Waals surface area (Å²) in [7, 11) is -1.70. The van der Waals surface area contributed by atoms with Gasteiger partial charge in [-0.25, -0.2) is 0 Å². The molecule has 0 aliphatic heterocycles. The van der Waals surface area contributed by atoms with Crippen LogP contribution in [-0.2, 0) is 4.43 Å². The summed E-state index contributed by atoms with van der Waals surface area (Å²) in [5, 5.41) is 12.6. The van der Waals surface area contributed by atoms with Gasteiger partial charge >= 0.3 is 0 Å². The van der Waals surface area contributed by atoms with Crippen molar-refractivity contribution in [2.75, 3.05) is 19.8 Å². The van der Waals surface area contributed by atoms with Gasteiger partial charge < -0.3 is 14.8 Å². The predicted molar refractivity (Wildman–Crippen MR) is 89.8 cm³/mol. The second-order valence-electron chi connectivity index (χ2n) is 6.88. The minimum absolute atomic E-state index is 0.128. The highest BCUT2D eigenvalue weighted by Gasteiger charge is 2.37. The number of hydrogen-bond acceptors (Lipinski definition) is 4. The fraction of sp³-hybridized carbons (Fsp3) is 0.688. The van der Waals surface area contributed by atoms with E-state index in [2.05, 4.69) is 44.2 Å². The van der Waals surface area contributed by atoms with Gasteiger partial charge in [0.15, 0.2) is 8.32 Å². The molecule has 0 fully saturated rings. The fourth-order valence-corrected chi connectivity index (χ4v) is 2.89. The molecule has 0 saturated carbocycles. The van der Waals surface area contributed by atoms with E-state index in [9.17, 15) is 0 Å². The molecule has 1 rings (SSSR count). The summed E-state index contributed by atoms with van der Waals surface area (Å²) in [6, 6.07) is 6.05. The van der Waals surface area contributed by atoms with E-state index in [0.29, 0.717) is 6.54 Å². The zero-order valence-electron chi connectivity index (χ0n) is 14.0. The van der Waals surface area contributed by atoms with Crippen LogP contribution in [0.1, 0.15) is 38.9 Å². The Labute approximate surface area is 130 Å². The van der Waals surface area contributed by atoms with Crippen molar-refractivity contribution in [3.8, 4) is 0 Å². The molecule has 0 spiro atoms. The maximum Gasteiger partial charge on any atom is 0.191 e. The second kappa shape index (κ2) is 8.03. The maximum atomic E-state index is 9.02. The molecule has 5 heteroatoms. The molecular weight excluding hydrogens is 280 g/mol. The number of nitrogens with zero attached hydrogens (tertiary/aromatic N) is 1. The Hall–Kier alpha value is -0.753. The lowest BCUT2D eigenvalue weighted by molar-refractivity contribution is 0.247. The largest absolute Gasteiger partial charge is 0.417 e. The number of nitrogens with one attached hydrogen (secondary N) is 1. The molecule has 1 aromatic heterocycles. The highest BCUT2D eigenvalue weighted by molar-refractivity contribution is 6.74. The number of rotatable bonds is 8. The van der Waals surface area contributed by atoms with Gasteiger partial charge in [0.25, 0.3) is 0 Å². The Balaban J connectivity index is 2.59. The van der Waals surface area contributed by atoms with Gasteiger partial charge in [0.05, 0.1) is 18.3 Å². The number of hydrogen-bond donors (Lipinski definition) is 2. The molecular formula is C16H30N2O2Si. The molecule has 4 nitrogen and oxygen atoms in total. The van der Waals surface area contributed by atoms with E-state index < -0.39 is 8.32 Å². The van der Waals surface area contributed by atoms with Gasteiger partial charge in [-0.1, -0.05) is 26.8 Å². The molecule has 0 radical (unpaired) electrons. The monoisotopic (exact) mass is 310 g/mol. The van der Waals surface area contributed by atoms with Gasteiger partial charge in [0.1, 0.15) is 0 Å². The summed E-state index contributed by atoms with van der Waals surface area (Å²) < 4.78 is 6.23. The van der Waals surface area contributed by atoms with Crippen LogP contribution in [0, 0.1) is 0 Å². The molecule has 120 valence electrons. The van der Waals surface area contributed by atoms with Crippen LogP contribution in [-0.4, -0.2) is 38.2 Å². The summed E-state index contributed by atoms with van der Waals surface area (Å²) in [4.78, 5) is 4.41. The standard InChI is InChI=1S/C16H30N2O2Si/c1-16(2,3)21(4,5)20-13-9-15(18-11-12-19)14-8-6-7-10-17-14/h6-8,10,15,18-19H,9,11-13H2,1-5H3. The lowest BCUT2D eigenvalue weighted by atomic mass is 10.1. The third-order valence-corrected chi connectivity index (χ3v) is 8.76. The summed E-state index contributed by atoms with van der Waals surface area (Å²) in [6.45, 7) is 12.7. The van der Waals surface area contributed by atoms with Crippen molar-refractivity contribution in [3.05, 3.63) is 30.1 Å². The predicted octanol–water partition coefficient (Wildman–Crippen LogP) is 3.12. The molecule has 0 bridgehead atoms. The van der Waals surface area contributed by atoms with E-state index in [1.54, 1.807) is 6.20 Å². The lowest BCUT2D eigenvalue weighted by Crippen LogP contribution is -2.41. The molecule has 0 amide bonds. The smallest absolute Gasteiger partial charge is 0.191 e. The van der Waals surface area contributed by atoms with E-state index in [4.69, 9.17) is 9.53 Å². The molecule has 1 heterocycles. The quantitative estimate of drug-likeness (QED) is 0.724. The molecule has 0 saturated heterocycles. The fourth-order valence-electron chi connectivity index (χ4n) is 1.82. The Morgan fingerprint density at radius 2 is 2.05 bits per heavy atom. The van der Waals surface area contributed by atoms with Crippen LogP contribution >= 0.6 is 0 Å². The highest BCUT2D eigenvalue weighted by Crippen LogP contribution is 2.36. The Bertz CT molecular complexity index is 404. The van der Waals surface area contributed by atoms with Crippen LogP contribution in [0.15, 0.2) is 24.4 Å². The molecule has 21 heavy (non-hydrogen) atoms. The van der Waals surface area contributed by atoms with Crippen molar-refractivity contribution in [2.24, 2.45) is 0 Å². The molecule has 1 aromatic rings. The number of aliphatic hydroxyl groups excluding tert-OH is 1. The average Bonchev–Trinajstić information content (AvgIpc) is 2.42.